The number of carbonyl (C=O) groups excluding carboxylic acids is 1. The van der Waals surface area contributed by atoms with Gasteiger partial charge in [-0.15, -0.1) is 0 Å². The van der Waals surface area contributed by atoms with Gasteiger partial charge in [0.1, 0.15) is 5.82 Å². The maximum absolute atomic E-state index is 13.6. The van der Waals surface area contributed by atoms with Gasteiger partial charge in [0, 0.05) is 6.42 Å². The topological polar surface area (TPSA) is 55.8 Å². The highest BCUT2D eigenvalue weighted by Gasteiger charge is 2.32. The van der Waals surface area contributed by atoms with E-state index in [1.807, 2.05) is 0 Å². The van der Waals surface area contributed by atoms with Crippen molar-refractivity contribution < 1.29 is 23.8 Å². The van der Waals surface area contributed by atoms with Crippen LogP contribution >= 0.6 is 0 Å². The summed E-state index contributed by atoms with van der Waals surface area (Å²) in [6, 6.07) is 6.14. The van der Waals surface area contributed by atoms with Crippen LogP contribution in [0.4, 0.5) is 4.39 Å². The number of hydrogen-bond acceptors (Lipinski definition) is 4. The summed E-state index contributed by atoms with van der Waals surface area (Å²) in [5.74, 6) is -2.46. The second-order valence-corrected chi connectivity index (χ2v) is 4.58. The van der Waals surface area contributed by atoms with E-state index in [2.05, 4.69) is 4.74 Å². The van der Waals surface area contributed by atoms with E-state index in [0.717, 1.165) is 0 Å². The summed E-state index contributed by atoms with van der Waals surface area (Å²) in [4.78, 5) is 11.8. The Labute approximate surface area is 118 Å². The van der Waals surface area contributed by atoms with E-state index in [4.69, 9.17) is 4.74 Å². The molecule has 1 aromatic rings. The summed E-state index contributed by atoms with van der Waals surface area (Å²) in [5.41, 5.74) is 0.345. The Hall–Kier alpha value is -1.46. The summed E-state index contributed by atoms with van der Waals surface area (Å²) >= 11 is 0. The van der Waals surface area contributed by atoms with Gasteiger partial charge >= 0.3 is 5.97 Å². The molecule has 0 spiro atoms. The highest BCUT2D eigenvalue weighted by atomic mass is 19.1. The van der Waals surface area contributed by atoms with Crippen molar-refractivity contribution in [2.24, 2.45) is 0 Å². The third-order valence-electron chi connectivity index (χ3n) is 3.29. The maximum atomic E-state index is 13.6. The van der Waals surface area contributed by atoms with Gasteiger partial charge in [-0.05, 0) is 24.5 Å². The predicted molar refractivity (Wildman–Crippen MR) is 72.5 cm³/mol. The van der Waals surface area contributed by atoms with Gasteiger partial charge in [0.05, 0.1) is 7.11 Å². The van der Waals surface area contributed by atoms with Crippen molar-refractivity contribution in [2.45, 2.75) is 45.0 Å². The Kier molecular flexibility index (Phi) is 6.10. The Morgan fingerprint density at radius 2 is 1.95 bits per heavy atom. The van der Waals surface area contributed by atoms with E-state index in [9.17, 15) is 14.3 Å². The molecule has 0 bridgehead atoms. The number of hydrogen-bond donors (Lipinski definition) is 1. The molecule has 0 aliphatic heterocycles. The quantitative estimate of drug-likeness (QED) is 0.617. The van der Waals surface area contributed by atoms with E-state index < -0.39 is 23.7 Å². The Balaban J connectivity index is 2.91. The van der Waals surface area contributed by atoms with E-state index in [-0.39, 0.29) is 6.42 Å². The molecule has 0 saturated heterocycles. The third-order valence-corrected chi connectivity index (χ3v) is 3.29. The third kappa shape index (κ3) is 4.28. The van der Waals surface area contributed by atoms with Crippen molar-refractivity contribution in [3.05, 3.63) is 35.6 Å². The number of ether oxygens (including phenoxy) is 2. The lowest BCUT2D eigenvalue weighted by molar-refractivity contribution is -0.237. The number of carbonyl (C=O) groups is 1. The van der Waals surface area contributed by atoms with Crippen molar-refractivity contribution in [2.75, 3.05) is 7.11 Å². The van der Waals surface area contributed by atoms with E-state index >= 15 is 0 Å². The van der Waals surface area contributed by atoms with Crippen molar-refractivity contribution >= 4 is 5.97 Å². The monoisotopic (exact) mass is 284 g/mol. The van der Waals surface area contributed by atoms with Crippen LogP contribution in [0.2, 0.25) is 0 Å². The summed E-state index contributed by atoms with van der Waals surface area (Å²) in [5, 5.41) is 10.2. The second-order valence-electron chi connectivity index (χ2n) is 4.58. The Morgan fingerprint density at radius 3 is 2.45 bits per heavy atom. The van der Waals surface area contributed by atoms with Gasteiger partial charge in [0.2, 0.25) is 0 Å². The SMILES string of the molecule is CCC(O)(CC)O[C@H](Cc1ccccc1F)C(=O)OC. The second kappa shape index (κ2) is 7.36. The van der Waals surface area contributed by atoms with Crippen molar-refractivity contribution in [1.82, 2.24) is 0 Å². The number of aliphatic hydroxyl groups is 1. The summed E-state index contributed by atoms with van der Waals surface area (Å²) in [6.45, 7) is 3.50. The van der Waals surface area contributed by atoms with Gasteiger partial charge in [-0.1, -0.05) is 32.0 Å². The molecule has 0 aromatic heterocycles. The lowest BCUT2D eigenvalue weighted by Gasteiger charge is -2.29. The van der Waals surface area contributed by atoms with Crippen LogP contribution in [0.5, 0.6) is 0 Å². The fraction of sp³-hybridized carbons (Fsp3) is 0.533. The summed E-state index contributed by atoms with van der Waals surface area (Å²) in [6.07, 6.45) is -0.369. The molecule has 4 nitrogen and oxygen atoms in total. The minimum absolute atomic E-state index is 0.0155. The molecule has 0 radical (unpaired) electrons. The summed E-state index contributed by atoms with van der Waals surface area (Å²) < 4.78 is 23.8. The molecule has 1 aromatic carbocycles. The largest absolute Gasteiger partial charge is 0.467 e. The van der Waals surface area contributed by atoms with Crippen LogP contribution < -0.4 is 0 Å². The molecule has 0 unspecified atom stereocenters. The van der Waals surface area contributed by atoms with Gasteiger partial charge in [-0.2, -0.15) is 0 Å². The number of halogens is 1. The molecule has 20 heavy (non-hydrogen) atoms. The zero-order valence-corrected chi connectivity index (χ0v) is 12.1. The first-order valence-electron chi connectivity index (χ1n) is 6.67. The van der Waals surface area contributed by atoms with Gasteiger partial charge in [-0.3, -0.25) is 0 Å². The molecule has 1 N–H and O–H groups in total. The van der Waals surface area contributed by atoms with Crippen LogP contribution in [0.1, 0.15) is 32.3 Å². The lowest BCUT2D eigenvalue weighted by Crippen LogP contribution is -2.40. The van der Waals surface area contributed by atoms with Gasteiger partial charge in [0.25, 0.3) is 0 Å². The van der Waals surface area contributed by atoms with Gasteiger partial charge < -0.3 is 14.6 Å². The fourth-order valence-corrected chi connectivity index (χ4v) is 1.85. The fourth-order valence-electron chi connectivity index (χ4n) is 1.85. The number of rotatable bonds is 7. The van der Waals surface area contributed by atoms with Gasteiger partial charge in [0.15, 0.2) is 11.9 Å². The molecule has 0 saturated carbocycles. The normalized spacial score (nSPS) is 13.1. The smallest absolute Gasteiger partial charge is 0.335 e. The van der Waals surface area contributed by atoms with Crippen molar-refractivity contribution in [3.63, 3.8) is 0 Å². The van der Waals surface area contributed by atoms with Gasteiger partial charge in [-0.25, -0.2) is 9.18 Å². The zero-order chi connectivity index (χ0) is 15.2. The Bertz CT molecular complexity index is 443. The highest BCUT2D eigenvalue weighted by molar-refractivity contribution is 5.75. The molecular formula is C15H21FO4. The van der Waals surface area contributed by atoms with Crippen LogP contribution in [-0.4, -0.2) is 30.1 Å². The van der Waals surface area contributed by atoms with E-state index in [1.54, 1.807) is 32.0 Å². The number of esters is 1. The molecular weight excluding hydrogens is 263 g/mol. The van der Waals surface area contributed by atoms with Crippen molar-refractivity contribution in [3.8, 4) is 0 Å². The molecule has 5 heteroatoms. The van der Waals surface area contributed by atoms with Crippen LogP contribution in [0.15, 0.2) is 24.3 Å². The number of methoxy groups -OCH3 is 1. The standard InChI is InChI=1S/C15H21FO4/c1-4-15(18,5-2)20-13(14(17)19-3)10-11-8-6-7-9-12(11)16/h6-9,13,18H,4-5,10H2,1-3H3/t13-/m1/s1. The molecule has 0 aliphatic carbocycles. The first-order chi connectivity index (χ1) is 9.45. The first-order valence-corrected chi connectivity index (χ1v) is 6.67. The zero-order valence-electron chi connectivity index (χ0n) is 12.1. The molecule has 1 rings (SSSR count). The van der Waals surface area contributed by atoms with Crippen LogP contribution in [-0.2, 0) is 20.7 Å². The molecule has 112 valence electrons. The van der Waals surface area contributed by atoms with E-state index in [0.29, 0.717) is 18.4 Å². The average molecular weight is 284 g/mol. The van der Waals surface area contributed by atoms with Crippen molar-refractivity contribution in [1.29, 1.82) is 0 Å². The predicted octanol–water partition coefficient (Wildman–Crippen LogP) is 2.44. The molecule has 0 aliphatic rings. The maximum Gasteiger partial charge on any atom is 0.335 e. The molecule has 0 amide bonds. The Morgan fingerprint density at radius 1 is 1.35 bits per heavy atom. The van der Waals surface area contributed by atoms with Crippen LogP contribution in [0.3, 0.4) is 0 Å². The van der Waals surface area contributed by atoms with Crippen LogP contribution in [0.25, 0.3) is 0 Å². The van der Waals surface area contributed by atoms with E-state index in [1.165, 1.54) is 13.2 Å². The molecule has 0 fully saturated rings. The molecule has 0 heterocycles. The number of benzene rings is 1. The average Bonchev–Trinajstić information content (AvgIpc) is 2.47. The summed E-state index contributed by atoms with van der Waals surface area (Å²) in [7, 11) is 1.23. The minimum Gasteiger partial charge on any atom is -0.467 e. The van der Waals surface area contributed by atoms with Crippen LogP contribution in [0, 0.1) is 5.82 Å². The minimum atomic E-state index is -1.41. The molecule has 1 atom stereocenters. The first kappa shape index (κ1) is 16.6. The highest BCUT2D eigenvalue weighted by Crippen LogP contribution is 2.22. The lowest BCUT2D eigenvalue weighted by atomic mass is 10.1.